The lowest BCUT2D eigenvalue weighted by molar-refractivity contribution is -0.0502. The van der Waals surface area contributed by atoms with Crippen LogP contribution in [0.25, 0.3) is 33.3 Å². The first-order valence-electron chi connectivity index (χ1n) is 13.8. The maximum Gasteiger partial charge on any atom is 0.387 e. The molecule has 43 heavy (non-hydrogen) atoms. The highest BCUT2D eigenvalue weighted by molar-refractivity contribution is 6.03. The van der Waals surface area contributed by atoms with Crippen molar-refractivity contribution >= 4 is 16.8 Å². The van der Waals surface area contributed by atoms with Gasteiger partial charge in [-0.05, 0) is 61.4 Å². The van der Waals surface area contributed by atoms with Crippen LogP contribution in [-0.4, -0.2) is 62.6 Å². The molecule has 0 spiro atoms. The second kappa shape index (κ2) is 10.9. The van der Waals surface area contributed by atoms with Gasteiger partial charge in [-0.3, -0.25) is 14.2 Å². The summed E-state index contributed by atoms with van der Waals surface area (Å²) in [5.74, 6) is -0.967. The van der Waals surface area contributed by atoms with Crippen molar-refractivity contribution < 1.29 is 32.5 Å². The Morgan fingerprint density at radius 3 is 2.60 bits per heavy atom. The number of ether oxygens (including phenoxy) is 2. The number of hydrogen-bond acceptors (Lipinski definition) is 7. The lowest BCUT2D eigenvalue weighted by Gasteiger charge is -2.31. The van der Waals surface area contributed by atoms with Crippen molar-refractivity contribution in [2.24, 2.45) is 13.0 Å². The fraction of sp³-hybridized carbons (Fsp3) is 0.400. The molecular formula is C30H29F3N6O4. The zero-order chi connectivity index (χ0) is 30.5. The molecule has 0 aliphatic heterocycles. The van der Waals surface area contributed by atoms with Gasteiger partial charge in [-0.25, -0.2) is 4.39 Å². The Hall–Kier alpha value is -4.57. The summed E-state index contributed by atoms with van der Waals surface area (Å²) in [7, 11) is 2.93. The Labute approximate surface area is 244 Å². The minimum atomic E-state index is -3.25. The Morgan fingerprint density at radius 1 is 1.21 bits per heavy atom. The number of nitrogens with zero attached hydrogens (tertiary/aromatic N) is 5. The molecule has 6 rings (SSSR count). The van der Waals surface area contributed by atoms with Crippen LogP contribution in [0.4, 0.5) is 13.2 Å². The Kier molecular flexibility index (Phi) is 7.25. The van der Waals surface area contributed by atoms with Crippen LogP contribution in [0.3, 0.4) is 0 Å². The fourth-order valence-corrected chi connectivity index (χ4v) is 5.58. The van der Waals surface area contributed by atoms with E-state index >= 15 is 0 Å². The number of benzene rings is 2. The Balaban J connectivity index is 1.39. The first kappa shape index (κ1) is 28.5. The molecule has 0 atom stereocenters. The number of carbonyl (C=O) groups excluding carboxylic acids is 1. The van der Waals surface area contributed by atoms with E-state index in [1.54, 1.807) is 19.3 Å². The Morgan fingerprint density at radius 2 is 1.95 bits per heavy atom. The van der Waals surface area contributed by atoms with Gasteiger partial charge >= 0.3 is 6.61 Å². The van der Waals surface area contributed by atoms with Gasteiger partial charge < -0.3 is 19.9 Å². The van der Waals surface area contributed by atoms with Crippen LogP contribution < -0.4 is 14.8 Å². The molecule has 13 heteroatoms. The topological polar surface area (TPSA) is 127 Å². The highest BCUT2D eigenvalue weighted by Crippen LogP contribution is 2.42. The van der Waals surface area contributed by atoms with Gasteiger partial charge in [0.25, 0.3) is 5.91 Å². The number of fused-ring (bicyclic) bond motifs is 1. The van der Waals surface area contributed by atoms with Crippen molar-refractivity contribution in [2.75, 3.05) is 13.7 Å². The maximum atomic E-state index is 14.2. The number of rotatable bonds is 10. The molecular weight excluding hydrogens is 565 g/mol. The zero-order valence-corrected chi connectivity index (χ0v) is 23.5. The highest BCUT2D eigenvalue weighted by atomic mass is 19.3. The second-order valence-electron chi connectivity index (χ2n) is 11.2. The summed E-state index contributed by atoms with van der Waals surface area (Å²) in [6.07, 6.45) is 5.46. The lowest BCUT2D eigenvalue weighted by atomic mass is 9.82. The van der Waals surface area contributed by atoms with Crippen LogP contribution in [0, 0.1) is 17.2 Å². The molecule has 2 aromatic heterocycles. The highest BCUT2D eigenvalue weighted by Gasteiger charge is 2.43. The minimum Gasteiger partial charge on any atom is -0.496 e. The number of halogens is 3. The van der Waals surface area contributed by atoms with E-state index < -0.39 is 23.9 Å². The number of nitrogens with one attached hydrogen (secondary N) is 1. The van der Waals surface area contributed by atoms with Crippen molar-refractivity contribution in [1.82, 2.24) is 24.9 Å². The average Bonchev–Trinajstić information content (AvgIpc) is 3.34. The molecule has 2 heterocycles. The van der Waals surface area contributed by atoms with Crippen molar-refractivity contribution in [3.05, 3.63) is 47.8 Å². The molecule has 4 aromatic rings. The number of aryl methyl sites for hydroxylation is 1. The summed E-state index contributed by atoms with van der Waals surface area (Å²) in [4.78, 5) is 13.0. The van der Waals surface area contributed by atoms with E-state index in [0.717, 1.165) is 24.0 Å². The van der Waals surface area contributed by atoms with Crippen LogP contribution in [0.15, 0.2) is 36.7 Å². The Bertz CT molecular complexity index is 1750. The summed E-state index contributed by atoms with van der Waals surface area (Å²) in [5, 5.41) is 31.7. The van der Waals surface area contributed by atoms with E-state index in [0.29, 0.717) is 53.0 Å². The smallest absolute Gasteiger partial charge is 0.387 e. The van der Waals surface area contributed by atoms with Gasteiger partial charge in [-0.15, -0.1) is 0 Å². The SMILES string of the molecule is COc1cc(-c2c3c(C#N)cc(-c4cnn(CC5CC(O)C5)c4)cc3nn2C)cc(OC(F)F)c1C(=O)NCC1(F)CC1. The first-order valence-corrected chi connectivity index (χ1v) is 13.8. The summed E-state index contributed by atoms with van der Waals surface area (Å²) in [6.45, 7) is -2.82. The maximum absolute atomic E-state index is 14.2. The molecule has 2 aromatic carbocycles. The minimum absolute atomic E-state index is 0.0646. The van der Waals surface area contributed by atoms with E-state index in [2.05, 4.69) is 21.6 Å². The molecule has 10 nitrogen and oxygen atoms in total. The summed E-state index contributed by atoms with van der Waals surface area (Å²) >= 11 is 0. The number of amides is 1. The van der Waals surface area contributed by atoms with Gasteiger partial charge in [0, 0.05) is 36.3 Å². The molecule has 0 saturated heterocycles. The van der Waals surface area contributed by atoms with Gasteiger partial charge in [0.15, 0.2) is 0 Å². The summed E-state index contributed by atoms with van der Waals surface area (Å²) in [6, 6.07) is 8.48. The van der Waals surface area contributed by atoms with E-state index in [1.165, 1.54) is 23.9 Å². The summed E-state index contributed by atoms with van der Waals surface area (Å²) in [5.41, 5.74) is 1.24. The monoisotopic (exact) mass is 594 g/mol. The van der Waals surface area contributed by atoms with Crippen LogP contribution in [0.5, 0.6) is 11.5 Å². The van der Waals surface area contributed by atoms with Crippen molar-refractivity contribution in [3.8, 4) is 40.0 Å². The van der Waals surface area contributed by atoms with Gasteiger partial charge in [0.2, 0.25) is 0 Å². The van der Waals surface area contributed by atoms with Crippen LogP contribution in [0.2, 0.25) is 0 Å². The number of carbonyl (C=O) groups is 1. The number of nitriles is 1. The van der Waals surface area contributed by atoms with Gasteiger partial charge in [-0.1, -0.05) is 0 Å². The normalized spacial score (nSPS) is 18.7. The van der Waals surface area contributed by atoms with Crippen LogP contribution in [-0.2, 0) is 13.6 Å². The molecule has 0 bridgehead atoms. The van der Waals surface area contributed by atoms with Gasteiger partial charge in [0.1, 0.15) is 22.7 Å². The third-order valence-corrected chi connectivity index (χ3v) is 8.04. The molecule has 0 radical (unpaired) electrons. The third-order valence-electron chi connectivity index (χ3n) is 8.04. The van der Waals surface area contributed by atoms with E-state index in [1.807, 2.05) is 16.9 Å². The third kappa shape index (κ3) is 5.62. The van der Waals surface area contributed by atoms with Gasteiger partial charge in [-0.2, -0.15) is 24.2 Å². The molecule has 2 aliphatic rings. The number of aliphatic hydroxyl groups excluding tert-OH is 1. The fourth-order valence-electron chi connectivity index (χ4n) is 5.58. The van der Waals surface area contributed by atoms with Crippen molar-refractivity contribution in [2.45, 2.75) is 50.6 Å². The predicted molar refractivity (Wildman–Crippen MR) is 149 cm³/mol. The van der Waals surface area contributed by atoms with Crippen molar-refractivity contribution in [1.29, 1.82) is 5.26 Å². The number of aromatic nitrogens is 4. The molecule has 0 unspecified atom stereocenters. The van der Waals surface area contributed by atoms with Gasteiger partial charge in [0.05, 0.1) is 48.8 Å². The lowest BCUT2D eigenvalue weighted by Crippen LogP contribution is -2.31. The first-order chi connectivity index (χ1) is 20.6. The molecule has 224 valence electrons. The average molecular weight is 595 g/mol. The largest absolute Gasteiger partial charge is 0.496 e. The number of methoxy groups -OCH3 is 1. The standard InChI is InChI=1S/C30H29F3N6O4/c1-38-27(18-9-23(42-2)26(24(10-18)43-29(31)32)28(41)35-15-30(33)3-4-30)25-19(11-34)7-17(8-22(25)37-38)20-12-36-39(14-20)13-16-5-21(40)6-16/h7-10,12,14,16,21,29,40H,3-6,13,15H2,1-2H3,(H,35,41). The molecule has 2 N–H and O–H groups in total. The second-order valence-corrected chi connectivity index (χ2v) is 11.2. The van der Waals surface area contributed by atoms with E-state index in [-0.39, 0.29) is 24.0 Å². The predicted octanol–water partition coefficient (Wildman–Crippen LogP) is 4.59. The van der Waals surface area contributed by atoms with E-state index in [9.17, 15) is 28.3 Å². The molecule has 2 fully saturated rings. The van der Waals surface area contributed by atoms with Crippen LogP contribution in [0.1, 0.15) is 41.6 Å². The molecule has 2 saturated carbocycles. The number of aliphatic hydroxyl groups is 1. The van der Waals surface area contributed by atoms with Crippen molar-refractivity contribution in [3.63, 3.8) is 0 Å². The number of hydrogen-bond donors (Lipinski definition) is 2. The molecule has 1 amide bonds. The quantitative estimate of drug-likeness (QED) is 0.275. The summed E-state index contributed by atoms with van der Waals surface area (Å²) < 4.78 is 54.6. The van der Waals surface area contributed by atoms with Crippen LogP contribution >= 0.6 is 0 Å². The number of alkyl halides is 3. The zero-order valence-electron chi connectivity index (χ0n) is 23.5. The molecule has 2 aliphatic carbocycles. The van der Waals surface area contributed by atoms with E-state index in [4.69, 9.17) is 9.47 Å².